The van der Waals surface area contributed by atoms with Crippen LogP contribution in [-0.2, 0) is 7.05 Å². The summed E-state index contributed by atoms with van der Waals surface area (Å²) < 4.78 is 1.84. The first-order valence-electron chi connectivity index (χ1n) is 7.68. The fourth-order valence-corrected chi connectivity index (χ4v) is 3.51. The van der Waals surface area contributed by atoms with Crippen molar-refractivity contribution in [1.29, 1.82) is 0 Å². The topological polar surface area (TPSA) is 41.4 Å². The van der Waals surface area contributed by atoms with E-state index in [1.54, 1.807) is 6.33 Å². The van der Waals surface area contributed by atoms with Gasteiger partial charge in [-0.3, -0.25) is 9.69 Å². The second-order valence-corrected chi connectivity index (χ2v) is 6.08. The molecule has 5 nitrogen and oxygen atoms in total. The van der Waals surface area contributed by atoms with Crippen LogP contribution in [0.2, 0.25) is 0 Å². The molecule has 0 aromatic carbocycles. The van der Waals surface area contributed by atoms with E-state index in [1.165, 1.54) is 32.4 Å². The molecule has 0 spiro atoms. The monoisotopic (exact) mass is 276 g/mol. The van der Waals surface area contributed by atoms with E-state index < -0.39 is 0 Å². The van der Waals surface area contributed by atoms with Crippen LogP contribution in [0.4, 0.5) is 0 Å². The predicted octanol–water partition coefficient (Wildman–Crippen LogP) is 1.43. The van der Waals surface area contributed by atoms with Crippen LogP contribution in [0.3, 0.4) is 0 Å². The largest absolute Gasteiger partial charge is 0.336 e. The van der Waals surface area contributed by atoms with E-state index in [9.17, 15) is 4.79 Å². The van der Waals surface area contributed by atoms with Gasteiger partial charge in [0.05, 0.1) is 12.0 Å². The van der Waals surface area contributed by atoms with E-state index in [0.717, 1.165) is 30.9 Å². The standard InChI is InChI=1S/C15H24N4O/c1-12-14(17(2)11-16-12)15(20)19-9-6-13(10-19)18-7-4-3-5-8-18/h11,13H,3-10H2,1-2H3/t13-/m0/s1. The molecule has 1 aromatic rings. The molecular weight excluding hydrogens is 252 g/mol. The summed E-state index contributed by atoms with van der Waals surface area (Å²) in [5, 5.41) is 0. The lowest BCUT2D eigenvalue weighted by Gasteiger charge is -2.32. The molecule has 2 fully saturated rings. The molecule has 1 amide bonds. The smallest absolute Gasteiger partial charge is 0.272 e. The fourth-order valence-electron chi connectivity index (χ4n) is 3.51. The highest BCUT2D eigenvalue weighted by molar-refractivity contribution is 5.93. The number of likely N-dealkylation sites (tertiary alicyclic amines) is 2. The Hall–Kier alpha value is -1.36. The summed E-state index contributed by atoms with van der Waals surface area (Å²) in [5.41, 5.74) is 1.57. The highest BCUT2D eigenvalue weighted by Crippen LogP contribution is 2.22. The first-order chi connectivity index (χ1) is 9.66. The van der Waals surface area contributed by atoms with E-state index in [2.05, 4.69) is 9.88 Å². The van der Waals surface area contributed by atoms with Gasteiger partial charge in [0.25, 0.3) is 5.91 Å². The Labute approximate surface area is 120 Å². The van der Waals surface area contributed by atoms with Gasteiger partial charge < -0.3 is 9.47 Å². The van der Waals surface area contributed by atoms with Crippen LogP contribution < -0.4 is 0 Å². The van der Waals surface area contributed by atoms with E-state index in [1.807, 2.05) is 23.4 Å². The minimum absolute atomic E-state index is 0.141. The third-order valence-corrected chi connectivity index (χ3v) is 4.68. The minimum atomic E-state index is 0.141. The number of aryl methyl sites for hydroxylation is 2. The van der Waals surface area contributed by atoms with E-state index in [4.69, 9.17) is 0 Å². The summed E-state index contributed by atoms with van der Waals surface area (Å²) >= 11 is 0. The number of amides is 1. The van der Waals surface area contributed by atoms with Gasteiger partial charge in [-0.05, 0) is 39.3 Å². The van der Waals surface area contributed by atoms with Gasteiger partial charge in [-0.25, -0.2) is 4.98 Å². The highest BCUT2D eigenvalue weighted by atomic mass is 16.2. The maximum absolute atomic E-state index is 12.6. The Morgan fingerprint density at radius 3 is 2.65 bits per heavy atom. The number of rotatable bonds is 2. The second kappa shape index (κ2) is 5.56. The molecule has 0 N–H and O–H groups in total. The number of carbonyl (C=O) groups is 1. The zero-order chi connectivity index (χ0) is 14.1. The zero-order valence-corrected chi connectivity index (χ0v) is 12.5. The summed E-state index contributed by atoms with van der Waals surface area (Å²) in [6, 6.07) is 0.563. The number of aromatic nitrogens is 2. The summed E-state index contributed by atoms with van der Waals surface area (Å²) in [5.74, 6) is 0.141. The lowest BCUT2D eigenvalue weighted by molar-refractivity contribution is 0.0761. The van der Waals surface area contributed by atoms with Gasteiger partial charge in [0, 0.05) is 26.2 Å². The SMILES string of the molecule is Cc1ncn(C)c1C(=O)N1CC[C@H](N2CCCCC2)C1. The van der Waals surface area contributed by atoms with Crippen molar-refractivity contribution in [3.8, 4) is 0 Å². The Balaban J connectivity index is 1.66. The van der Waals surface area contributed by atoms with Crippen molar-refractivity contribution >= 4 is 5.91 Å². The molecule has 0 aliphatic carbocycles. The summed E-state index contributed by atoms with van der Waals surface area (Å²) in [6.45, 7) is 6.08. The number of carbonyl (C=O) groups excluding carboxylic acids is 1. The van der Waals surface area contributed by atoms with E-state index in [0.29, 0.717) is 6.04 Å². The van der Waals surface area contributed by atoms with Crippen LogP contribution in [0.25, 0.3) is 0 Å². The van der Waals surface area contributed by atoms with Gasteiger partial charge in [-0.1, -0.05) is 6.42 Å². The molecule has 5 heteroatoms. The number of nitrogens with zero attached hydrogens (tertiary/aromatic N) is 4. The molecule has 2 aliphatic rings. The number of hydrogen-bond acceptors (Lipinski definition) is 3. The van der Waals surface area contributed by atoms with Crippen LogP contribution in [0.15, 0.2) is 6.33 Å². The van der Waals surface area contributed by atoms with E-state index in [-0.39, 0.29) is 5.91 Å². The van der Waals surface area contributed by atoms with Crippen molar-refractivity contribution < 1.29 is 4.79 Å². The predicted molar refractivity (Wildman–Crippen MR) is 77.7 cm³/mol. The molecular formula is C15H24N4O. The Bertz CT molecular complexity index is 471. The van der Waals surface area contributed by atoms with Crippen molar-refractivity contribution in [3.63, 3.8) is 0 Å². The molecule has 0 bridgehead atoms. The molecule has 3 heterocycles. The van der Waals surface area contributed by atoms with Gasteiger partial charge in [0.2, 0.25) is 0 Å². The third-order valence-electron chi connectivity index (χ3n) is 4.68. The van der Waals surface area contributed by atoms with Gasteiger partial charge in [-0.15, -0.1) is 0 Å². The first-order valence-corrected chi connectivity index (χ1v) is 7.68. The first kappa shape index (κ1) is 13.6. The van der Waals surface area contributed by atoms with Gasteiger partial charge in [-0.2, -0.15) is 0 Å². The molecule has 20 heavy (non-hydrogen) atoms. The lowest BCUT2D eigenvalue weighted by Crippen LogP contribution is -2.41. The quantitative estimate of drug-likeness (QED) is 0.820. The Morgan fingerprint density at radius 2 is 2.00 bits per heavy atom. The van der Waals surface area contributed by atoms with Crippen molar-refractivity contribution in [1.82, 2.24) is 19.4 Å². The highest BCUT2D eigenvalue weighted by Gasteiger charge is 2.32. The maximum atomic E-state index is 12.6. The summed E-state index contributed by atoms with van der Waals surface area (Å²) in [6.07, 6.45) is 6.82. The Morgan fingerprint density at radius 1 is 1.25 bits per heavy atom. The molecule has 0 radical (unpaired) electrons. The van der Waals surface area contributed by atoms with Gasteiger partial charge in [0.15, 0.2) is 0 Å². The van der Waals surface area contributed by atoms with E-state index >= 15 is 0 Å². The molecule has 2 aliphatic heterocycles. The van der Waals surface area contributed by atoms with Crippen molar-refractivity contribution in [2.45, 2.75) is 38.6 Å². The molecule has 0 saturated carbocycles. The maximum Gasteiger partial charge on any atom is 0.272 e. The molecule has 1 aromatic heterocycles. The lowest BCUT2D eigenvalue weighted by atomic mass is 10.1. The number of piperidine rings is 1. The Kier molecular flexibility index (Phi) is 3.78. The average molecular weight is 276 g/mol. The van der Waals surface area contributed by atoms with Crippen LogP contribution >= 0.6 is 0 Å². The fraction of sp³-hybridized carbons (Fsp3) is 0.733. The van der Waals surface area contributed by atoms with Crippen molar-refractivity contribution in [3.05, 3.63) is 17.7 Å². The molecule has 2 saturated heterocycles. The second-order valence-electron chi connectivity index (χ2n) is 6.08. The summed E-state index contributed by atoms with van der Waals surface area (Å²) in [7, 11) is 1.89. The minimum Gasteiger partial charge on any atom is -0.336 e. The molecule has 1 atom stereocenters. The van der Waals surface area contributed by atoms with Crippen molar-refractivity contribution in [2.75, 3.05) is 26.2 Å². The summed E-state index contributed by atoms with van der Waals surface area (Å²) in [4.78, 5) is 21.4. The van der Waals surface area contributed by atoms with Crippen LogP contribution in [-0.4, -0.2) is 57.5 Å². The van der Waals surface area contributed by atoms with Crippen LogP contribution in [0.5, 0.6) is 0 Å². The average Bonchev–Trinajstić information content (AvgIpc) is 3.07. The zero-order valence-electron chi connectivity index (χ0n) is 12.5. The molecule has 0 unspecified atom stereocenters. The van der Waals surface area contributed by atoms with Gasteiger partial charge >= 0.3 is 0 Å². The molecule has 3 rings (SSSR count). The normalized spacial score (nSPS) is 24.3. The van der Waals surface area contributed by atoms with Gasteiger partial charge in [0.1, 0.15) is 5.69 Å². The molecule has 110 valence electrons. The van der Waals surface area contributed by atoms with Crippen LogP contribution in [0.1, 0.15) is 41.9 Å². The van der Waals surface area contributed by atoms with Crippen molar-refractivity contribution in [2.24, 2.45) is 7.05 Å². The number of imidazole rings is 1. The third kappa shape index (κ3) is 2.46. The van der Waals surface area contributed by atoms with Crippen LogP contribution in [0, 0.1) is 6.92 Å². The number of hydrogen-bond donors (Lipinski definition) is 0.